The zero-order valence-corrected chi connectivity index (χ0v) is 18.3. The van der Waals surface area contributed by atoms with Gasteiger partial charge in [0.15, 0.2) is 5.96 Å². The average molecular weight is 462 g/mol. The molecule has 3 N–H and O–H groups in total. The van der Waals surface area contributed by atoms with Crippen molar-refractivity contribution in [2.24, 2.45) is 10.9 Å². The Hall–Kier alpha value is -0.0900. The molecule has 0 aromatic carbocycles. The number of hydrogen-bond donors (Lipinski definition) is 3. The Kier molecular flexibility index (Phi) is 15.6. The second-order valence-electron chi connectivity index (χ2n) is 6.15. The summed E-state index contributed by atoms with van der Waals surface area (Å²) in [6.07, 6.45) is 5.44. The maximum atomic E-state index is 11.0. The number of nitrogens with zero attached hydrogens (tertiary/aromatic N) is 1. The van der Waals surface area contributed by atoms with Crippen LogP contribution in [-0.2, 0) is 10.0 Å². The highest BCUT2D eigenvalue weighted by atomic mass is 127. The average Bonchev–Trinajstić information content (AvgIpc) is 2.36. The van der Waals surface area contributed by atoms with Crippen molar-refractivity contribution in [1.29, 1.82) is 0 Å². The summed E-state index contributed by atoms with van der Waals surface area (Å²) in [5, 5.41) is 6.62. The summed E-state index contributed by atoms with van der Waals surface area (Å²) in [5.41, 5.74) is 0. The van der Waals surface area contributed by atoms with E-state index in [1.807, 2.05) is 6.92 Å². The van der Waals surface area contributed by atoms with Crippen LogP contribution in [0.1, 0.15) is 53.4 Å². The molecule has 6 nitrogen and oxygen atoms in total. The number of rotatable bonds is 11. The Labute approximate surface area is 159 Å². The number of nitrogens with one attached hydrogen (secondary N) is 3. The summed E-state index contributed by atoms with van der Waals surface area (Å²) >= 11 is 0. The standard InChI is InChI=1S/C15H34N4O2S.HI/c1-6-16-15(17-11-8-12-18-22(5,20)21)19-14(4)10-7-9-13(2)3;/h13-14,18H,6-12H2,1-5H3,(H2,16,17,19);1H. The molecule has 0 bridgehead atoms. The van der Waals surface area contributed by atoms with Crippen LogP contribution in [0, 0.1) is 5.92 Å². The highest BCUT2D eigenvalue weighted by Crippen LogP contribution is 2.08. The van der Waals surface area contributed by atoms with Crippen LogP contribution in [0.25, 0.3) is 0 Å². The molecule has 140 valence electrons. The minimum atomic E-state index is -3.10. The van der Waals surface area contributed by atoms with E-state index in [0.717, 1.165) is 24.8 Å². The van der Waals surface area contributed by atoms with Crippen molar-refractivity contribution in [2.45, 2.75) is 59.4 Å². The third-order valence-electron chi connectivity index (χ3n) is 3.12. The lowest BCUT2D eigenvalue weighted by molar-refractivity contribution is 0.491. The zero-order chi connectivity index (χ0) is 17.0. The van der Waals surface area contributed by atoms with E-state index in [1.165, 1.54) is 19.1 Å². The van der Waals surface area contributed by atoms with Gasteiger partial charge in [0, 0.05) is 25.7 Å². The van der Waals surface area contributed by atoms with Gasteiger partial charge in [0.25, 0.3) is 0 Å². The highest BCUT2D eigenvalue weighted by molar-refractivity contribution is 14.0. The fourth-order valence-corrected chi connectivity index (χ4v) is 2.50. The molecule has 8 heteroatoms. The molecule has 0 amide bonds. The molecular formula is C15H35IN4O2S. The van der Waals surface area contributed by atoms with Gasteiger partial charge in [-0.15, -0.1) is 24.0 Å². The minimum absolute atomic E-state index is 0. The van der Waals surface area contributed by atoms with Crippen molar-refractivity contribution < 1.29 is 8.42 Å². The molecular weight excluding hydrogens is 427 g/mol. The summed E-state index contributed by atoms with van der Waals surface area (Å²) < 4.78 is 24.4. The van der Waals surface area contributed by atoms with Crippen molar-refractivity contribution in [2.75, 3.05) is 25.9 Å². The molecule has 0 aromatic rings. The largest absolute Gasteiger partial charge is 0.357 e. The van der Waals surface area contributed by atoms with E-state index in [9.17, 15) is 8.42 Å². The number of aliphatic imine (C=N–C) groups is 1. The summed E-state index contributed by atoms with van der Waals surface area (Å²) in [6, 6.07) is 0.380. The molecule has 0 saturated heterocycles. The molecule has 0 fully saturated rings. The summed E-state index contributed by atoms with van der Waals surface area (Å²) in [7, 11) is -3.10. The molecule has 0 aliphatic heterocycles. The number of guanidine groups is 1. The first kappa shape index (κ1) is 25.2. The second kappa shape index (κ2) is 14.3. The van der Waals surface area contributed by atoms with E-state index < -0.39 is 10.0 Å². The van der Waals surface area contributed by atoms with Crippen molar-refractivity contribution in [3.8, 4) is 0 Å². The van der Waals surface area contributed by atoms with Crippen LogP contribution in [0.4, 0.5) is 0 Å². The van der Waals surface area contributed by atoms with Crippen molar-refractivity contribution in [1.82, 2.24) is 15.4 Å². The highest BCUT2D eigenvalue weighted by Gasteiger charge is 2.05. The topological polar surface area (TPSA) is 82.6 Å². The van der Waals surface area contributed by atoms with Gasteiger partial charge in [-0.05, 0) is 32.6 Å². The number of sulfonamides is 1. The van der Waals surface area contributed by atoms with Crippen molar-refractivity contribution in [3.63, 3.8) is 0 Å². The second-order valence-corrected chi connectivity index (χ2v) is 7.98. The first-order valence-electron chi connectivity index (χ1n) is 8.24. The van der Waals surface area contributed by atoms with Gasteiger partial charge in [-0.25, -0.2) is 13.1 Å². The lowest BCUT2D eigenvalue weighted by Crippen LogP contribution is -2.42. The van der Waals surface area contributed by atoms with Gasteiger partial charge in [-0.2, -0.15) is 0 Å². The lowest BCUT2D eigenvalue weighted by Gasteiger charge is -2.18. The Morgan fingerprint density at radius 3 is 2.30 bits per heavy atom. The molecule has 0 spiro atoms. The zero-order valence-electron chi connectivity index (χ0n) is 15.2. The summed E-state index contributed by atoms with van der Waals surface area (Å²) in [5.74, 6) is 1.55. The van der Waals surface area contributed by atoms with Gasteiger partial charge in [0.05, 0.1) is 6.26 Å². The quantitative estimate of drug-likeness (QED) is 0.191. The van der Waals surface area contributed by atoms with E-state index in [4.69, 9.17) is 0 Å². The molecule has 0 radical (unpaired) electrons. The van der Waals surface area contributed by atoms with Gasteiger partial charge in [0.1, 0.15) is 0 Å². The Balaban J connectivity index is 0. The predicted molar refractivity (Wildman–Crippen MR) is 110 cm³/mol. The first-order chi connectivity index (χ1) is 10.2. The molecule has 1 unspecified atom stereocenters. The van der Waals surface area contributed by atoms with E-state index >= 15 is 0 Å². The van der Waals surface area contributed by atoms with Gasteiger partial charge in [-0.1, -0.05) is 26.7 Å². The van der Waals surface area contributed by atoms with Crippen LogP contribution in [-0.4, -0.2) is 46.3 Å². The van der Waals surface area contributed by atoms with Gasteiger partial charge < -0.3 is 10.6 Å². The SMILES string of the molecule is CCNC(=NCCCNS(C)(=O)=O)NC(C)CCCC(C)C.I. The molecule has 0 rings (SSSR count). The van der Waals surface area contributed by atoms with Gasteiger partial charge in [0.2, 0.25) is 10.0 Å². The van der Waals surface area contributed by atoms with Crippen molar-refractivity contribution >= 4 is 40.0 Å². The minimum Gasteiger partial charge on any atom is -0.357 e. The molecule has 1 atom stereocenters. The molecule has 23 heavy (non-hydrogen) atoms. The molecule has 0 aliphatic rings. The Morgan fingerprint density at radius 2 is 1.78 bits per heavy atom. The van der Waals surface area contributed by atoms with Crippen LogP contribution >= 0.6 is 24.0 Å². The predicted octanol–water partition coefficient (Wildman–Crippen LogP) is 2.31. The van der Waals surface area contributed by atoms with E-state index in [2.05, 4.69) is 41.1 Å². The monoisotopic (exact) mass is 462 g/mol. The van der Waals surface area contributed by atoms with Crippen molar-refractivity contribution in [3.05, 3.63) is 0 Å². The molecule has 0 saturated carbocycles. The fraction of sp³-hybridized carbons (Fsp3) is 0.933. The maximum Gasteiger partial charge on any atom is 0.208 e. The molecule has 0 aliphatic carbocycles. The van der Waals surface area contributed by atoms with E-state index in [0.29, 0.717) is 25.6 Å². The molecule has 0 heterocycles. The van der Waals surface area contributed by atoms with E-state index in [1.54, 1.807) is 0 Å². The number of hydrogen-bond acceptors (Lipinski definition) is 3. The van der Waals surface area contributed by atoms with Crippen LogP contribution in [0.15, 0.2) is 4.99 Å². The molecule has 0 aromatic heterocycles. The first-order valence-corrected chi connectivity index (χ1v) is 10.1. The van der Waals surface area contributed by atoms with Gasteiger partial charge in [-0.3, -0.25) is 4.99 Å². The summed E-state index contributed by atoms with van der Waals surface area (Å²) in [6.45, 7) is 10.5. The van der Waals surface area contributed by atoms with Gasteiger partial charge >= 0.3 is 0 Å². The smallest absolute Gasteiger partial charge is 0.208 e. The fourth-order valence-electron chi connectivity index (χ4n) is 1.99. The number of halogens is 1. The van der Waals surface area contributed by atoms with E-state index in [-0.39, 0.29) is 24.0 Å². The lowest BCUT2D eigenvalue weighted by atomic mass is 10.0. The third-order valence-corrected chi connectivity index (χ3v) is 3.84. The Bertz CT molecular complexity index is 414. The van der Waals surface area contributed by atoms with Crippen LogP contribution in [0.5, 0.6) is 0 Å². The maximum absolute atomic E-state index is 11.0. The normalized spacial score (nSPS) is 13.6. The third kappa shape index (κ3) is 18.1. The van der Waals surface area contributed by atoms with Crippen LogP contribution in [0.3, 0.4) is 0 Å². The summed E-state index contributed by atoms with van der Waals surface area (Å²) in [4.78, 5) is 4.48. The van der Waals surface area contributed by atoms with Crippen LogP contribution < -0.4 is 15.4 Å². The van der Waals surface area contributed by atoms with Crippen LogP contribution in [0.2, 0.25) is 0 Å². The Morgan fingerprint density at radius 1 is 1.13 bits per heavy atom.